The highest BCUT2D eigenvalue weighted by Gasteiger charge is 2.06. The van der Waals surface area contributed by atoms with Gasteiger partial charge < -0.3 is 20.7 Å². The Morgan fingerprint density at radius 3 is 2.61 bits per heavy atom. The van der Waals surface area contributed by atoms with Crippen molar-refractivity contribution >= 4 is 6.21 Å². The zero-order chi connectivity index (χ0) is 17.7. The van der Waals surface area contributed by atoms with Crippen molar-refractivity contribution in [2.24, 2.45) is 10.7 Å². The Labute approximate surface area is 140 Å². The Kier molecular flexibility index (Phi) is 10.9. The highest BCUT2D eigenvalue weighted by Crippen LogP contribution is 2.11. The molecule has 0 amide bonds. The summed E-state index contributed by atoms with van der Waals surface area (Å²) in [5, 5.41) is 3.13. The largest absolute Gasteiger partial charge is 0.489 e. The molecule has 128 valence electrons. The number of hydrogen-bond donors (Lipinski definition) is 2. The molecule has 0 aromatic rings. The molecule has 0 unspecified atom stereocenters. The first-order valence-electron chi connectivity index (χ1n) is 7.73. The molecule has 5 nitrogen and oxygen atoms in total. The van der Waals surface area contributed by atoms with E-state index in [0.717, 1.165) is 12.2 Å². The van der Waals surface area contributed by atoms with E-state index in [1.54, 1.807) is 19.3 Å². The van der Waals surface area contributed by atoms with Crippen molar-refractivity contribution in [1.29, 1.82) is 0 Å². The smallest absolute Gasteiger partial charge is 0.142 e. The van der Waals surface area contributed by atoms with Gasteiger partial charge in [-0.15, -0.1) is 0 Å². The molecule has 0 aliphatic heterocycles. The van der Waals surface area contributed by atoms with Crippen LogP contribution >= 0.6 is 0 Å². The molecule has 5 heteroatoms. The van der Waals surface area contributed by atoms with Crippen LogP contribution in [0.5, 0.6) is 0 Å². The molecule has 23 heavy (non-hydrogen) atoms. The molecule has 0 atom stereocenters. The second kappa shape index (κ2) is 12.1. The highest BCUT2D eigenvalue weighted by molar-refractivity contribution is 5.70. The second-order valence-corrected chi connectivity index (χ2v) is 4.94. The van der Waals surface area contributed by atoms with Crippen LogP contribution in [0.2, 0.25) is 0 Å². The van der Waals surface area contributed by atoms with Gasteiger partial charge in [0.05, 0.1) is 11.8 Å². The topological polar surface area (TPSA) is 62.9 Å². The van der Waals surface area contributed by atoms with Gasteiger partial charge in [0, 0.05) is 32.2 Å². The van der Waals surface area contributed by atoms with Crippen LogP contribution in [0.3, 0.4) is 0 Å². The fourth-order valence-corrected chi connectivity index (χ4v) is 1.65. The van der Waals surface area contributed by atoms with Crippen LogP contribution in [0.15, 0.2) is 65.6 Å². The maximum Gasteiger partial charge on any atom is 0.142 e. The average molecular weight is 318 g/mol. The molecule has 0 aromatic heterocycles. The van der Waals surface area contributed by atoms with Crippen LogP contribution in [0.4, 0.5) is 0 Å². The van der Waals surface area contributed by atoms with E-state index in [4.69, 9.17) is 10.5 Å². The van der Waals surface area contributed by atoms with E-state index in [1.807, 2.05) is 63.2 Å². The number of ether oxygens (including phenoxy) is 1. The van der Waals surface area contributed by atoms with Crippen LogP contribution in [0, 0.1) is 0 Å². The summed E-state index contributed by atoms with van der Waals surface area (Å²) in [5.41, 5.74) is 6.80. The van der Waals surface area contributed by atoms with Gasteiger partial charge in [-0.2, -0.15) is 0 Å². The van der Waals surface area contributed by atoms with E-state index >= 15 is 0 Å². The molecule has 0 saturated heterocycles. The molecule has 0 saturated carbocycles. The first-order valence-corrected chi connectivity index (χ1v) is 7.73. The minimum absolute atomic E-state index is 0.0616. The number of nitrogens with one attached hydrogen (secondary N) is 1. The summed E-state index contributed by atoms with van der Waals surface area (Å²) in [5.74, 6) is 1.19. The normalized spacial score (nSPS) is 13.9. The third-order valence-corrected chi connectivity index (χ3v) is 2.61. The Hall–Kier alpha value is -2.43. The molecule has 0 bridgehead atoms. The van der Waals surface area contributed by atoms with E-state index in [-0.39, 0.29) is 6.10 Å². The Bertz CT molecular complexity index is 499. The predicted octanol–water partition coefficient (Wildman–Crippen LogP) is 3.27. The van der Waals surface area contributed by atoms with Crippen LogP contribution in [-0.4, -0.2) is 30.8 Å². The van der Waals surface area contributed by atoms with Crippen LogP contribution < -0.4 is 11.1 Å². The zero-order valence-electron chi connectivity index (χ0n) is 14.9. The molecule has 3 N–H and O–H groups in total. The van der Waals surface area contributed by atoms with E-state index in [2.05, 4.69) is 16.9 Å². The summed E-state index contributed by atoms with van der Waals surface area (Å²) >= 11 is 0. The SMILES string of the molecule is C=C/C(N/C(N)=C\N(/C=C\C=NC)CC)=C(\C=C\C)OC(C)C. The van der Waals surface area contributed by atoms with Gasteiger partial charge in [-0.1, -0.05) is 12.7 Å². The second-order valence-electron chi connectivity index (χ2n) is 4.94. The van der Waals surface area contributed by atoms with E-state index < -0.39 is 0 Å². The van der Waals surface area contributed by atoms with Gasteiger partial charge in [-0.25, -0.2) is 0 Å². The van der Waals surface area contributed by atoms with Crippen LogP contribution in [-0.2, 0) is 4.74 Å². The van der Waals surface area contributed by atoms with Gasteiger partial charge >= 0.3 is 0 Å². The lowest BCUT2D eigenvalue weighted by Crippen LogP contribution is -2.24. The molecule has 0 rings (SSSR count). The number of allylic oxidation sites excluding steroid dienone is 4. The van der Waals surface area contributed by atoms with E-state index in [0.29, 0.717) is 11.6 Å². The Morgan fingerprint density at radius 1 is 1.43 bits per heavy atom. The molecule has 0 fully saturated rings. The maximum absolute atomic E-state index is 6.07. The minimum atomic E-state index is 0.0616. The average Bonchev–Trinajstić information content (AvgIpc) is 2.51. The van der Waals surface area contributed by atoms with Gasteiger partial charge in [-0.3, -0.25) is 4.99 Å². The summed E-state index contributed by atoms with van der Waals surface area (Å²) in [6, 6.07) is 0. The van der Waals surface area contributed by atoms with Crippen molar-refractivity contribution in [3.05, 3.63) is 60.6 Å². The summed E-state index contributed by atoms with van der Waals surface area (Å²) in [6.45, 7) is 12.5. The van der Waals surface area contributed by atoms with Crippen molar-refractivity contribution in [2.45, 2.75) is 33.8 Å². The molecule has 0 radical (unpaired) electrons. The molecular formula is C18H30N4O. The van der Waals surface area contributed by atoms with Crippen LogP contribution in [0.25, 0.3) is 0 Å². The molecular weight excluding hydrogens is 288 g/mol. The zero-order valence-corrected chi connectivity index (χ0v) is 14.9. The fraction of sp³-hybridized carbons (Fsp3) is 0.389. The van der Waals surface area contributed by atoms with E-state index in [9.17, 15) is 0 Å². The summed E-state index contributed by atoms with van der Waals surface area (Å²) < 4.78 is 5.79. The number of aliphatic imine (C=N–C) groups is 1. The van der Waals surface area contributed by atoms with Crippen molar-refractivity contribution in [3.8, 4) is 0 Å². The Balaban J connectivity index is 5.27. The monoisotopic (exact) mass is 318 g/mol. The lowest BCUT2D eigenvalue weighted by atomic mass is 10.3. The van der Waals surface area contributed by atoms with Crippen molar-refractivity contribution < 1.29 is 4.74 Å². The number of nitrogens with two attached hydrogens (primary N) is 1. The summed E-state index contributed by atoms with van der Waals surface area (Å²) in [7, 11) is 1.73. The quantitative estimate of drug-likeness (QED) is 0.369. The van der Waals surface area contributed by atoms with Crippen molar-refractivity contribution in [1.82, 2.24) is 10.2 Å². The van der Waals surface area contributed by atoms with Gasteiger partial charge in [-0.05, 0) is 45.9 Å². The number of nitrogens with zero attached hydrogens (tertiary/aromatic N) is 2. The third kappa shape index (κ3) is 9.24. The maximum atomic E-state index is 6.07. The van der Waals surface area contributed by atoms with Crippen molar-refractivity contribution in [2.75, 3.05) is 13.6 Å². The lowest BCUT2D eigenvalue weighted by molar-refractivity contribution is 0.155. The summed E-state index contributed by atoms with van der Waals surface area (Å²) in [6.07, 6.45) is 12.8. The fourth-order valence-electron chi connectivity index (χ4n) is 1.65. The first kappa shape index (κ1) is 20.6. The molecule has 0 spiro atoms. The number of hydrogen-bond acceptors (Lipinski definition) is 5. The molecule has 0 heterocycles. The first-order chi connectivity index (χ1) is 11.0. The summed E-state index contributed by atoms with van der Waals surface area (Å²) in [4.78, 5) is 5.85. The Morgan fingerprint density at radius 2 is 2.13 bits per heavy atom. The minimum Gasteiger partial charge on any atom is -0.489 e. The van der Waals surface area contributed by atoms with E-state index in [1.165, 1.54) is 0 Å². The molecule has 0 aromatic carbocycles. The highest BCUT2D eigenvalue weighted by atomic mass is 16.5. The van der Waals surface area contributed by atoms with Gasteiger partial charge in [0.15, 0.2) is 0 Å². The molecule has 0 aliphatic carbocycles. The van der Waals surface area contributed by atoms with Crippen LogP contribution in [0.1, 0.15) is 27.7 Å². The standard InChI is InChI=1S/C18H30N4O/c1-7-11-17(23-15(4)5)16(8-2)21-18(19)14-22(9-3)13-10-12-20-6/h7-8,10-15,21H,2,9,19H2,1,3-6H3/b11-7+,13-10-,17-16-,18-14-,20-12?. The van der Waals surface area contributed by atoms with Gasteiger partial charge in [0.25, 0.3) is 0 Å². The predicted molar refractivity (Wildman–Crippen MR) is 99.6 cm³/mol. The molecule has 0 aliphatic rings. The lowest BCUT2D eigenvalue weighted by Gasteiger charge is -2.18. The third-order valence-electron chi connectivity index (χ3n) is 2.61. The number of rotatable bonds is 10. The van der Waals surface area contributed by atoms with Crippen molar-refractivity contribution in [3.63, 3.8) is 0 Å². The van der Waals surface area contributed by atoms with Gasteiger partial charge in [0.2, 0.25) is 0 Å². The van der Waals surface area contributed by atoms with Gasteiger partial charge in [0.1, 0.15) is 11.6 Å².